The first-order chi connectivity index (χ1) is 14.1. The van der Waals surface area contributed by atoms with Crippen molar-refractivity contribution in [1.29, 1.82) is 0 Å². The van der Waals surface area contributed by atoms with Crippen LogP contribution in [0.4, 0.5) is 5.69 Å². The fraction of sp³-hybridized carbons (Fsp3) is 0.318. The molecule has 1 atom stereocenters. The average Bonchev–Trinajstić information content (AvgIpc) is 3.29. The molecule has 150 valence electrons. The van der Waals surface area contributed by atoms with Gasteiger partial charge in [0, 0.05) is 24.6 Å². The molecule has 1 aromatic heterocycles. The molecule has 3 aromatic rings. The van der Waals surface area contributed by atoms with Crippen molar-refractivity contribution in [2.24, 2.45) is 0 Å². The van der Waals surface area contributed by atoms with Crippen molar-refractivity contribution in [3.63, 3.8) is 0 Å². The number of esters is 1. The summed E-state index contributed by atoms with van der Waals surface area (Å²) < 4.78 is 12.2. The van der Waals surface area contributed by atoms with Crippen molar-refractivity contribution in [2.45, 2.75) is 25.8 Å². The van der Waals surface area contributed by atoms with Gasteiger partial charge in [0.1, 0.15) is 18.1 Å². The van der Waals surface area contributed by atoms with Gasteiger partial charge in [0.25, 0.3) is 0 Å². The van der Waals surface area contributed by atoms with Crippen LogP contribution in [-0.2, 0) is 20.9 Å². The average molecular weight is 393 g/mol. The normalized spacial score (nSPS) is 16.4. The molecule has 4 rings (SSSR count). The number of carbonyl (C=O) groups is 2. The van der Waals surface area contributed by atoms with Gasteiger partial charge < -0.3 is 18.9 Å². The number of imidazole rings is 1. The quantitative estimate of drug-likeness (QED) is 0.602. The molecular formula is C22H23N3O4. The predicted octanol–water partition coefficient (Wildman–Crippen LogP) is 3.13. The zero-order chi connectivity index (χ0) is 20.4. The predicted molar refractivity (Wildman–Crippen MR) is 109 cm³/mol. The van der Waals surface area contributed by atoms with Gasteiger partial charge in [-0.25, -0.2) is 4.98 Å². The third kappa shape index (κ3) is 3.68. The van der Waals surface area contributed by atoms with Crippen molar-refractivity contribution >= 4 is 28.6 Å². The molecule has 1 amide bonds. The summed E-state index contributed by atoms with van der Waals surface area (Å²) in [5.41, 5.74) is 2.50. The zero-order valence-electron chi connectivity index (χ0n) is 16.5. The SMILES string of the molecule is CCOc1ccc(N2CC(c3nc4ccccc4n3CC(=O)OC)CC2=O)cc1. The molecule has 2 aromatic carbocycles. The van der Waals surface area contributed by atoms with E-state index in [-0.39, 0.29) is 24.3 Å². The number of aromatic nitrogens is 2. The maximum atomic E-state index is 12.7. The van der Waals surface area contributed by atoms with E-state index < -0.39 is 0 Å². The van der Waals surface area contributed by atoms with Crippen LogP contribution in [0.5, 0.6) is 5.75 Å². The summed E-state index contributed by atoms with van der Waals surface area (Å²) in [7, 11) is 1.37. The lowest BCUT2D eigenvalue weighted by molar-refractivity contribution is -0.141. The Kier molecular flexibility index (Phi) is 5.20. The van der Waals surface area contributed by atoms with Crippen LogP contribution in [0.1, 0.15) is 25.1 Å². The Bertz CT molecular complexity index is 1040. The molecule has 0 spiro atoms. The molecule has 1 aliphatic heterocycles. The number of para-hydroxylation sites is 2. The fourth-order valence-corrected chi connectivity index (χ4v) is 3.78. The number of rotatable bonds is 6. The van der Waals surface area contributed by atoms with Crippen LogP contribution in [0, 0.1) is 0 Å². The smallest absolute Gasteiger partial charge is 0.325 e. The van der Waals surface area contributed by atoms with Crippen LogP contribution in [0.25, 0.3) is 11.0 Å². The summed E-state index contributed by atoms with van der Waals surface area (Å²) in [6.07, 6.45) is 0.345. The summed E-state index contributed by atoms with van der Waals surface area (Å²) >= 11 is 0. The minimum atomic E-state index is -0.345. The molecular weight excluding hydrogens is 370 g/mol. The zero-order valence-corrected chi connectivity index (χ0v) is 16.5. The van der Waals surface area contributed by atoms with Crippen molar-refractivity contribution in [1.82, 2.24) is 9.55 Å². The number of fused-ring (bicyclic) bond motifs is 1. The van der Waals surface area contributed by atoms with Crippen molar-refractivity contribution in [2.75, 3.05) is 25.2 Å². The van der Waals surface area contributed by atoms with Gasteiger partial charge in [-0.2, -0.15) is 0 Å². The highest BCUT2D eigenvalue weighted by molar-refractivity contribution is 5.96. The number of anilines is 1. The number of benzene rings is 2. The monoisotopic (exact) mass is 393 g/mol. The highest BCUT2D eigenvalue weighted by Gasteiger charge is 2.35. The van der Waals surface area contributed by atoms with Crippen LogP contribution in [0.15, 0.2) is 48.5 Å². The molecule has 1 unspecified atom stereocenters. The molecule has 1 saturated heterocycles. The Balaban J connectivity index is 1.64. The van der Waals surface area contributed by atoms with Crippen molar-refractivity contribution < 1.29 is 19.1 Å². The van der Waals surface area contributed by atoms with Gasteiger partial charge in [0.05, 0.1) is 24.8 Å². The third-order valence-electron chi connectivity index (χ3n) is 5.15. The molecule has 0 radical (unpaired) electrons. The first-order valence-electron chi connectivity index (χ1n) is 9.66. The molecule has 0 bridgehead atoms. The number of amides is 1. The summed E-state index contributed by atoms with van der Waals surface area (Å²) in [6.45, 7) is 3.11. The second-order valence-electron chi connectivity index (χ2n) is 6.95. The van der Waals surface area contributed by atoms with Crippen LogP contribution in [0.3, 0.4) is 0 Å². The minimum Gasteiger partial charge on any atom is -0.494 e. The van der Waals surface area contributed by atoms with Gasteiger partial charge in [-0.1, -0.05) is 12.1 Å². The first-order valence-corrected chi connectivity index (χ1v) is 9.66. The van der Waals surface area contributed by atoms with E-state index in [9.17, 15) is 9.59 Å². The van der Waals surface area contributed by atoms with Gasteiger partial charge in [0.15, 0.2) is 0 Å². The topological polar surface area (TPSA) is 73.7 Å². The van der Waals surface area contributed by atoms with E-state index in [0.717, 1.165) is 28.3 Å². The molecule has 0 aliphatic carbocycles. The number of ether oxygens (including phenoxy) is 2. The van der Waals surface area contributed by atoms with Crippen molar-refractivity contribution in [3.05, 3.63) is 54.4 Å². The second-order valence-corrected chi connectivity index (χ2v) is 6.95. The summed E-state index contributed by atoms with van der Waals surface area (Å²) in [6, 6.07) is 15.2. The number of methoxy groups -OCH3 is 1. The number of carbonyl (C=O) groups excluding carboxylic acids is 2. The molecule has 7 heteroatoms. The summed E-state index contributed by atoms with van der Waals surface area (Å²) in [4.78, 5) is 31.2. The lowest BCUT2D eigenvalue weighted by Gasteiger charge is -2.17. The standard InChI is InChI=1S/C22H23N3O4/c1-3-29-17-10-8-16(9-11-17)24-13-15(12-20(24)26)22-23-18-6-4-5-7-19(18)25(22)14-21(27)28-2/h4-11,15H,3,12-14H2,1-2H3. The van der Waals surface area contributed by atoms with Gasteiger partial charge in [-0.05, 0) is 43.3 Å². The van der Waals surface area contributed by atoms with Crippen LogP contribution in [0.2, 0.25) is 0 Å². The van der Waals surface area contributed by atoms with E-state index in [1.807, 2.05) is 60.0 Å². The Morgan fingerprint density at radius 3 is 2.66 bits per heavy atom. The second kappa shape index (κ2) is 7.95. The fourth-order valence-electron chi connectivity index (χ4n) is 3.78. The van der Waals surface area contributed by atoms with Gasteiger partial charge in [-0.3, -0.25) is 9.59 Å². The van der Waals surface area contributed by atoms with Crippen molar-refractivity contribution in [3.8, 4) is 5.75 Å². The lowest BCUT2D eigenvalue weighted by Crippen LogP contribution is -2.24. The highest BCUT2D eigenvalue weighted by Crippen LogP contribution is 2.33. The molecule has 1 aliphatic rings. The van der Waals surface area contributed by atoms with E-state index in [0.29, 0.717) is 19.6 Å². The summed E-state index contributed by atoms with van der Waals surface area (Å²) in [5, 5.41) is 0. The number of nitrogens with zero attached hydrogens (tertiary/aromatic N) is 3. The van der Waals surface area contributed by atoms with Crippen LogP contribution >= 0.6 is 0 Å². The van der Waals surface area contributed by atoms with Gasteiger partial charge in [-0.15, -0.1) is 0 Å². The van der Waals surface area contributed by atoms with Gasteiger partial charge in [0.2, 0.25) is 5.91 Å². The maximum absolute atomic E-state index is 12.7. The van der Waals surface area contributed by atoms with Crippen LogP contribution in [-0.4, -0.2) is 41.7 Å². The first kappa shape index (κ1) is 19.0. The number of hydrogen-bond donors (Lipinski definition) is 0. The van der Waals surface area contributed by atoms with E-state index in [1.54, 1.807) is 4.90 Å². The minimum absolute atomic E-state index is 0.0378. The Morgan fingerprint density at radius 2 is 1.93 bits per heavy atom. The van der Waals surface area contributed by atoms with Crippen LogP contribution < -0.4 is 9.64 Å². The van der Waals surface area contributed by atoms with E-state index in [1.165, 1.54) is 7.11 Å². The van der Waals surface area contributed by atoms with E-state index >= 15 is 0 Å². The molecule has 7 nitrogen and oxygen atoms in total. The third-order valence-corrected chi connectivity index (χ3v) is 5.15. The molecule has 2 heterocycles. The Labute approximate surface area is 168 Å². The Hall–Kier alpha value is -3.35. The van der Waals surface area contributed by atoms with Gasteiger partial charge >= 0.3 is 5.97 Å². The molecule has 0 N–H and O–H groups in total. The lowest BCUT2D eigenvalue weighted by atomic mass is 10.1. The summed E-state index contributed by atoms with van der Waals surface area (Å²) in [5.74, 6) is 1.10. The number of hydrogen-bond acceptors (Lipinski definition) is 5. The Morgan fingerprint density at radius 1 is 1.17 bits per heavy atom. The highest BCUT2D eigenvalue weighted by atomic mass is 16.5. The van der Waals surface area contributed by atoms with E-state index in [4.69, 9.17) is 14.5 Å². The maximum Gasteiger partial charge on any atom is 0.325 e. The molecule has 29 heavy (non-hydrogen) atoms. The molecule has 1 fully saturated rings. The van der Waals surface area contributed by atoms with E-state index in [2.05, 4.69) is 0 Å². The molecule has 0 saturated carbocycles. The largest absolute Gasteiger partial charge is 0.494 e.